The van der Waals surface area contributed by atoms with Gasteiger partial charge in [0.05, 0.1) is 22.8 Å². The van der Waals surface area contributed by atoms with Crippen molar-refractivity contribution in [3.8, 4) is 22.4 Å². The molecule has 0 fully saturated rings. The molecule has 1 N–H and O–H groups in total. The Kier molecular flexibility index (Phi) is 7.81. The second-order valence-corrected chi connectivity index (χ2v) is 10.0. The van der Waals surface area contributed by atoms with Gasteiger partial charge in [-0.15, -0.1) is 0 Å². The fourth-order valence-electron chi connectivity index (χ4n) is 3.75. The number of nitrogens with zero attached hydrogens (tertiary/aromatic N) is 3. The second-order valence-electron chi connectivity index (χ2n) is 8.12. The van der Waals surface area contributed by atoms with Crippen LogP contribution < -0.4 is 5.32 Å². The van der Waals surface area contributed by atoms with Gasteiger partial charge in [0.2, 0.25) is 9.84 Å². The standard InChI is InChI=1S/C26H23F3N4O4S/c1-3-13-37-26(34)31-20-7-8-21(38(35,36)22-14-17(27)5-6-19(22)28)23(24(20)29)25-18(15-33(4-2)32-25)16-9-11-30-12-10-16/h5-12,14-15H,3-4,13H2,1-2H3,(H,31,34). The Balaban J connectivity index is 2.01. The molecule has 0 aliphatic rings. The van der Waals surface area contributed by atoms with Crippen LogP contribution in [0.2, 0.25) is 0 Å². The van der Waals surface area contributed by atoms with E-state index < -0.39 is 48.7 Å². The maximum Gasteiger partial charge on any atom is 0.411 e. The second kappa shape index (κ2) is 11.1. The first kappa shape index (κ1) is 26.9. The van der Waals surface area contributed by atoms with Gasteiger partial charge in [-0.3, -0.25) is 15.0 Å². The number of sulfone groups is 1. The number of aromatic nitrogens is 3. The van der Waals surface area contributed by atoms with E-state index in [1.807, 2.05) is 0 Å². The minimum atomic E-state index is -4.81. The zero-order valence-electron chi connectivity index (χ0n) is 20.4. The lowest BCUT2D eigenvalue weighted by Crippen LogP contribution is -2.16. The van der Waals surface area contributed by atoms with E-state index in [0.29, 0.717) is 36.2 Å². The Morgan fingerprint density at radius 3 is 2.45 bits per heavy atom. The fourth-order valence-corrected chi connectivity index (χ4v) is 5.28. The highest BCUT2D eigenvalue weighted by Gasteiger charge is 2.32. The summed E-state index contributed by atoms with van der Waals surface area (Å²) in [6, 6.07) is 7.25. The molecule has 4 aromatic rings. The first-order valence-corrected chi connectivity index (χ1v) is 13.1. The van der Waals surface area contributed by atoms with Crippen LogP contribution in [0.25, 0.3) is 22.4 Å². The molecular formula is C26H23F3N4O4S. The molecule has 0 atom stereocenters. The number of pyridine rings is 1. The average Bonchev–Trinajstić information content (AvgIpc) is 3.34. The molecule has 0 aliphatic carbocycles. The summed E-state index contributed by atoms with van der Waals surface area (Å²) >= 11 is 0. The van der Waals surface area contributed by atoms with Crippen molar-refractivity contribution in [3.63, 3.8) is 0 Å². The van der Waals surface area contributed by atoms with Crippen LogP contribution in [0.4, 0.5) is 23.7 Å². The molecule has 2 aromatic heterocycles. The molecule has 4 rings (SSSR count). The number of benzene rings is 2. The molecule has 0 aliphatic heterocycles. The number of anilines is 1. The van der Waals surface area contributed by atoms with Crippen LogP contribution in [-0.2, 0) is 21.1 Å². The number of rotatable bonds is 8. The minimum absolute atomic E-state index is 0.0821. The predicted octanol–water partition coefficient (Wildman–Crippen LogP) is 5.84. The summed E-state index contributed by atoms with van der Waals surface area (Å²) in [6.07, 6.45) is 4.18. The number of hydrogen-bond donors (Lipinski definition) is 1. The summed E-state index contributed by atoms with van der Waals surface area (Å²) in [7, 11) is -4.81. The van der Waals surface area contributed by atoms with Crippen molar-refractivity contribution >= 4 is 21.6 Å². The van der Waals surface area contributed by atoms with Gasteiger partial charge in [0.15, 0.2) is 5.82 Å². The zero-order chi connectivity index (χ0) is 27.4. The van der Waals surface area contributed by atoms with Gasteiger partial charge in [-0.1, -0.05) is 6.92 Å². The van der Waals surface area contributed by atoms with Crippen molar-refractivity contribution in [2.75, 3.05) is 11.9 Å². The maximum atomic E-state index is 16.2. The summed E-state index contributed by atoms with van der Waals surface area (Å²) < 4.78 is 78.4. The van der Waals surface area contributed by atoms with Crippen LogP contribution in [0, 0.1) is 17.5 Å². The molecule has 0 saturated heterocycles. The summed E-state index contributed by atoms with van der Waals surface area (Å²) in [5.74, 6) is -3.35. The van der Waals surface area contributed by atoms with Gasteiger partial charge in [-0.2, -0.15) is 5.10 Å². The van der Waals surface area contributed by atoms with E-state index in [4.69, 9.17) is 4.74 Å². The highest BCUT2D eigenvalue weighted by atomic mass is 32.2. The number of aryl methyl sites for hydroxylation is 1. The zero-order valence-corrected chi connectivity index (χ0v) is 21.2. The summed E-state index contributed by atoms with van der Waals surface area (Å²) in [5.41, 5.74) is -0.0888. The molecule has 198 valence electrons. The van der Waals surface area contributed by atoms with Crippen molar-refractivity contribution in [1.82, 2.24) is 14.8 Å². The Morgan fingerprint density at radius 2 is 1.76 bits per heavy atom. The minimum Gasteiger partial charge on any atom is -0.449 e. The first-order chi connectivity index (χ1) is 18.2. The quantitative estimate of drug-likeness (QED) is 0.299. The monoisotopic (exact) mass is 544 g/mol. The van der Waals surface area contributed by atoms with Crippen LogP contribution in [0.15, 0.2) is 70.8 Å². The molecule has 0 saturated carbocycles. The van der Waals surface area contributed by atoms with E-state index in [2.05, 4.69) is 15.4 Å². The van der Waals surface area contributed by atoms with Gasteiger partial charge in [0, 0.05) is 30.7 Å². The van der Waals surface area contributed by atoms with Gasteiger partial charge in [-0.25, -0.2) is 26.4 Å². The number of carbonyl (C=O) groups excluding carboxylic acids is 1. The molecule has 8 nitrogen and oxygen atoms in total. The molecule has 0 radical (unpaired) electrons. The molecular weight excluding hydrogens is 521 g/mol. The third kappa shape index (κ3) is 5.25. The third-order valence-corrected chi connectivity index (χ3v) is 7.37. The molecule has 2 heterocycles. The highest BCUT2D eigenvalue weighted by Crippen LogP contribution is 2.41. The number of halogens is 3. The van der Waals surface area contributed by atoms with E-state index in [1.165, 1.54) is 17.1 Å². The Morgan fingerprint density at radius 1 is 1.03 bits per heavy atom. The molecule has 0 spiro atoms. The van der Waals surface area contributed by atoms with Crippen LogP contribution in [-0.4, -0.2) is 35.9 Å². The average molecular weight is 545 g/mol. The highest BCUT2D eigenvalue weighted by molar-refractivity contribution is 7.91. The largest absolute Gasteiger partial charge is 0.449 e. The Bertz CT molecular complexity index is 1590. The van der Waals surface area contributed by atoms with Crippen molar-refractivity contribution in [1.29, 1.82) is 0 Å². The lowest BCUT2D eigenvalue weighted by atomic mass is 10.0. The van der Waals surface area contributed by atoms with Gasteiger partial charge >= 0.3 is 6.09 Å². The molecule has 0 unspecified atom stereocenters. The number of carbonyl (C=O) groups is 1. The molecule has 2 aromatic carbocycles. The van der Waals surface area contributed by atoms with Gasteiger partial charge in [0.25, 0.3) is 0 Å². The Labute approximate surface area is 217 Å². The van der Waals surface area contributed by atoms with Crippen LogP contribution >= 0.6 is 0 Å². The van der Waals surface area contributed by atoms with Crippen LogP contribution in [0.1, 0.15) is 20.3 Å². The maximum absolute atomic E-state index is 16.2. The van der Waals surface area contributed by atoms with E-state index in [0.717, 1.165) is 18.2 Å². The summed E-state index contributed by atoms with van der Waals surface area (Å²) in [4.78, 5) is 14.5. The van der Waals surface area contributed by atoms with Crippen molar-refractivity contribution in [2.45, 2.75) is 36.6 Å². The van der Waals surface area contributed by atoms with E-state index in [-0.39, 0.29) is 18.0 Å². The van der Waals surface area contributed by atoms with Gasteiger partial charge in [0.1, 0.15) is 22.2 Å². The SMILES string of the molecule is CCCOC(=O)Nc1ccc(S(=O)(=O)c2cc(F)ccc2F)c(-c2nn(CC)cc2-c2ccncc2)c1F. The summed E-state index contributed by atoms with van der Waals surface area (Å²) in [5, 5.41) is 6.66. The number of nitrogens with one attached hydrogen (secondary N) is 1. The first-order valence-electron chi connectivity index (χ1n) is 11.6. The van der Waals surface area contributed by atoms with Crippen LogP contribution in [0.5, 0.6) is 0 Å². The topological polar surface area (TPSA) is 103 Å². The van der Waals surface area contributed by atoms with Gasteiger partial charge < -0.3 is 4.74 Å². The van der Waals surface area contributed by atoms with Crippen molar-refractivity contribution in [2.24, 2.45) is 0 Å². The van der Waals surface area contributed by atoms with E-state index in [9.17, 15) is 22.0 Å². The van der Waals surface area contributed by atoms with Crippen molar-refractivity contribution < 1.29 is 31.1 Å². The Hall–Kier alpha value is -4.19. The normalized spacial score (nSPS) is 11.4. The van der Waals surface area contributed by atoms with Crippen molar-refractivity contribution in [3.05, 3.63) is 78.5 Å². The number of amides is 1. The number of hydrogen-bond acceptors (Lipinski definition) is 6. The van der Waals surface area contributed by atoms with Gasteiger partial charge in [-0.05, 0) is 61.4 Å². The van der Waals surface area contributed by atoms with Crippen LogP contribution in [0.3, 0.4) is 0 Å². The smallest absolute Gasteiger partial charge is 0.411 e. The predicted molar refractivity (Wildman–Crippen MR) is 134 cm³/mol. The fraction of sp³-hybridized carbons (Fsp3) is 0.192. The third-order valence-electron chi connectivity index (χ3n) is 5.56. The molecule has 0 bridgehead atoms. The summed E-state index contributed by atoms with van der Waals surface area (Å²) in [6.45, 7) is 4.01. The van der Waals surface area contributed by atoms with E-state index >= 15 is 4.39 Å². The number of ether oxygens (including phenoxy) is 1. The molecule has 38 heavy (non-hydrogen) atoms. The van der Waals surface area contributed by atoms with E-state index in [1.54, 1.807) is 32.2 Å². The molecule has 12 heteroatoms. The molecule has 1 amide bonds. The lowest BCUT2D eigenvalue weighted by Gasteiger charge is -2.15. The lowest BCUT2D eigenvalue weighted by molar-refractivity contribution is 0.161.